The first-order valence-corrected chi connectivity index (χ1v) is 7.05. The summed E-state index contributed by atoms with van der Waals surface area (Å²) in [7, 11) is 1.60. The number of benzene rings is 2. The molecule has 22 heavy (non-hydrogen) atoms. The zero-order chi connectivity index (χ0) is 15.5. The molecule has 110 valence electrons. The van der Waals surface area contributed by atoms with Gasteiger partial charge in [-0.05, 0) is 42.5 Å². The minimum atomic E-state index is -0.224. The van der Waals surface area contributed by atoms with Gasteiger partial charge in [-0.1, -0.05) is 17.7 Å². The number of carbonyl (C=O) groups is 1. The van der Waals surface area contributed by atoms with E-state index in [0.29, 0.717) is 22.0 Å². The van der Waals surface area contributed by atoms with Crippen molar-refractivity contribution < 1.29 is 9.53 Å². The lowest BCUT2D eigenvalue weighted by Crippen LogP contribution is -2.12. The van der Waals surface area contributed by atoms with Crippen molar-refractivity contribution in [2.45, 2.75) is 0 Å². The molecule has 1 N–H and O–H groups in total. The van der Waals surface area contributed by atoms with Crippen LogP contribution in [0.5, 0.6) is 5.75 Å². The summed E-state index contributed by atoms with van der Waals surface area (Å²) < 4.78 is 5.22. The lowest BCUT2D eigenvalue weighted by molar-refractivity contribution is 0.102. The van der Waals surface area contributed by atoms with Gasteiger partial charge in [0, 0.05) is 22.2 Å². The van der Waals surface area contributed by atoms with Gasteiger partial charge in [-0.15, -0.1) is 0 Å². The molecule has 4 nitrogen and oxygen atoms in total. The number of carbonyl (C=O) groups excluding carboxylic acids is 1. The maximum absolute atomic E-state index is 12.3. The van der Waals surface area contributed by atoms with Crippen molar-refractivity contribution >= 4 is 34.1 Å². The van der Waals surface area contributed by atoms with Gasteiger partial charge in [0.1, 0.15) is 5.75 Å². The fourth-order valence-corrected chi connectivity index (χ4v) is 2.38. The minimum absolute atomic E-state index is 0.224. The smallest absolute Gasteiger partial charge is 0.255 e. The van der Waals surface area contributed by atoms with E-state index in [9.17, 15) is 4.79 Å². The number of ether oxygens (including phenoxy) is 1. The van der Waals surface area contributed by atoms with Crippen LogP contribution in [-0.4, -0.2) is 18.0 Å². The second-order valence-electron chi connectivity index (χ2n) is 4.71. The second-order valence-corrected chi connectivity index (χ2v) is 5.14. The Hall–Kier alpha value is -2.59. The van der Waals surface area contributed by atoms with E-state index in [1.54, 1.807) is 43.6 Å². The number of hydrogen-bond donors (Lipinski definition) is 1. The lowest BCUT2D eigenvalue weighted by Gasteiger charge is -2.09. The van der Waals surface area contributed by atoms with Crippen LogP contribution in [0.2, 0.25) is 5.02 Å². The van der Waals surface area contributed by atoms with E-state index in [0.717, 1.165) is 10.9 Å². The van der Waals surface area contributed by atoms with Gasteiger partial charge in [0.2, 0.25) is 0 Å². The number of amides is 1. The summed E-state index contributed by atoms with van der Waals surface area (Å²) in [5, 5.41) is 4.23. The fraction of sp³-hybridized carbons (Fsp3) is 0.0588. The predicted molar refractivity (Wildman–Crippen MR) is 87.7 cm³/mol. The third kappa shape index (κ3) is 2.87. The molecule has 0 saturated heterocycles. The van der Waals surface area contributed by atoms with E-state index < -0.39 is 0 Å². The van der Waals surface area contributed by atoms with E-state index >= 15 is 0 Å². The Kier molecular flexibility index (Phi) is 3.94. The molecule has 0 saturated carbocycles. The van der Waals surface area contributed by atoms with Crippen LogP contribution in [0.25, 0.3) is 10.9 Å². The summed E-state index contributed by atoms with van der Waals surface area (Å²) in [6.07, 6.45) is 1.66. The standard InChI is InChI=1S/C17H13ClN2O2/c1-22-13-5-6-15-14(10-13)16(7-8-19-15)20-17(21)11-3-2-4-12(18)9-11/h2-10H,1H3,(H,19,20,21). The summed E-state index contributed by atoms with van der Waals surface area (Å²) in [5.41, 5.74) is 1.96. The average Bonchev–Trinajstić information content (AvgIpc) is 2.54. The Labute approximate surface area is 132 Å². The molecule has 3 rings (SSSR count). The normalized spacial score (nSPS) is 10.5. The Morgan fingerprint density at radius 1 is 1.18 bits per heavy atom. The quantitative estimate of drug-likeness (QED) is 0.790. The molecule has 1 aromatic heterocycles. The van der Waals surface area contributed by atoms with Gasteiger partial charge in [-0.3, -0.25) is 9.78 Å². The monoisotopic (exact) mass is 312 g/mol. The maximum Gasteiger partial charge on any atom is 0.255 e. The highest BCUT2D eigenvalue weighted by molar-refractivity contribution is 6.31. The highest BCUT2D eigenvalue weighted by atomic mass is 35.5. The maximum atomic E-state index is 12.3. The Bertz CT molecular complexity index is 849. The summed E-state index contributed by atoms with van der Waals surface area (Å²) >= 11 is 5.92. The largest absolute Gasteiger partial charge is 0.497 e. The van der Waals surface area contributed by atoms with Gasteiger partial charge in [-0.25, -0.2) is 0 Å². The van der Waals surface area contributed by atoms with E-state index in [2.05, 4.69) is 10.3 Å². The SMILES string of the molecule is COc1ccc2nccc(NC(=O)c3cccc(Cl)c3)c2c1. The molecule has 0 fully saturated rings. The average molecular weight is 313 g/mol. The molecular weight excluding hydrogens is 300 g/mol. The first kappa shape index (κ1) is 14.4. The van der Waals surface area contributed by atoms with Crippen molar-refractivity contribution in [3.05, 3.63) is 65.3 Å². The Morgan fingerprint density at radius 3 is 2.82 bits per heavy atom. The van der Waals surface area contributed by atoms with Gasteiger partial charge in [-0.2, -0.15) is 0 Å². The van der Waals surface area contributed by atoms with Crippen LogP contribution in [-0.2, 0) is 0 Å². The fourth-order valence-electron chi connectivity index (χ4n) is 2.19. The highest BCUT2D eigenvalue weighted by Crippen LogP contribution is 2.26. The topological polar surface area (TPSA) is 51.2 Å². The number of hydrogen-bond acceptors (Lipinski definition) is 3. The number of nitrogens with one attached hydrogen (secondary N) is 1. The predicted octanol–water partition coefficient (Wildman–Crippen LogP) is 4.15. The van der Waals surface area contributed by atoms with Crippen LogP contribution in [0.15, 0.2) is 54.7 Å². The minimum Gasteiger partial charge on any atom is -0.497 e. The molecule has 2 aromatic carbocycles. The molecule has 0 atom stereocenters. The van der Waals surface area contributed by atoms with Crippen molar-refractivity contribution in [3.63, 3.8) is 0 Å². The van der Waals surface area contributed by atoms with Crippen LogP contribution in [0.3, 0.4) is 0 Å². The molecule has 3 aromatic rings. The van der Waals surface area contributed by atoms with Crippen molar-refractivity contribution in [3.8, 4) is 5.75 Å². The lowest BCUT2D eigenvalue weighted by atomic mass is 10.1. The number of anilines is 1. The molecular formula is C17H13ClN2O2. The molecule has 0 spiro atoms. The zero-order valence-corrected chi connectivity index (χ0v) is 12.6. The molecule has 1 heterocycles. The molecule has 0 radical (unpaired) electrons. The molecule has 0 aliphatic carbocycles. The molecule has 0 unspecified atom stereocenters. The van der Waals surface area contributed by atoms with Crippen LogP contribution >= 0.6 is 11.6 Å². The van der Waals surface area contributed by atoms with Crippen molar-refractivity contribution in [1.82, 2.24) is 4.98 Å². The van der Waals surface area contributed by atoms with Gasteiger partial charge in [0.15, 0.2) is 0 Å². The summed E-state index contributed by atoms with van der Waals surface area (Å²) in [6.45, 7) is 0. The number of methoxy groups -OCH3 is 1. The summed E-state index contributed by atoms with van der Waals surface area (Å²) in [6, 6.07) is 14.1. The van der Waals surface area contributed by atoms with Gasteiger partial charge < -0.3 is 10.1 Å². The molecule has 5 heteroatoms. The molecule has 0 aliphatic rings. The summed E-state index contributed by atoms with van der Waals surface area (Å²) in [5.74, 6) is 0.483. The Balaban J connectivity index is 1.98. The van der Waals surface area contributed by atoms with E-state index in [4.69, 9.17) is 16.3 Å². The van der Waals surface area contributed by atoms with E-state index in [-0.39, 0.29) is 5.91 Å². The first-order valence-electron chi connectivity index (χ1n) is 6.67. The van der Waals surface area contributed by atoms with Crippen molar-refractivity contribution in [2.75, 3.05) is 12.4 Å². The van der Waals surface area contributed by atoms with E-state index in [1.165, 1.54) is 0 Å². The van der Waals surface area contributed by atoms with Crippen LogP contribution in [0.1, 0.15) is 10.4 Å². The number of fused-ring (bicyclic) bond motifs is 1. The number of aromatic nitrogens is 1. The molecule has 1 amide bonds. The van der Waals surface area contributed by atoms with Gasteiger partial charge >= 0.3 is 0 Å². The third-order valence-electron chi connectivity index (χ3n) is 3.28. The van der Waals surface area contributed by atoms with E-state index in [1.807, 2.05) is 18.2 Å². The number of nitrogens with zero attached hydrogens (tertiary/aromatic N) is 1. The molecule has 0 aliphatic heterocycles. The Morgan fingerprint density at radius 2 is 2.05 bits per heavy atom. The zero-order valence-electron chi connectivity index (χ0n) is 11.8. The number of pyridine rings is 1. The number of halogens is 1. The highest BCUT2D eigenvalue weighted by Gasteiger charge is 2.10. The van der Waals surface area contributed by atoms with Crippen LogP contribution in [0.4, 0.5) is 5.69 Å². The molecule has 0 bridgehead atoms. The first-order chi connectivity index (χ1) is 10.7. The van der Waals surface area contributed by atoms with Crippen LogP contribution in [0, 0.1) is 0 Å². The van der Waals surface area contributed by atoms with Crippen LogP contribution < -0.4 is 10.1 Å². The third-order valence-corrected chi connectivity index (χ3v) is 3.52. The van der Waals surface area contributed by atoms with Crippen molar-refractivity contribution in [2.24, 2.45) is 0 Å². The van der Waals surface area contributed by atoms with Crippen molar-refractivity contribution in [1.29, 1.82) is 0 Å². The summed E-state index contributed by atoms with van der Waals surface area (Å²) in [4.78, 5) is 16.6. The van der Waals surface area contributed by atoms with Gasteiger partial charge in [0.25, 0.3) is 5.91 Å². The number of rotatable bonds is 3. The second kappa shape index (κ2) is 6.03. The van der Waals surface area contributed by atoms with Gasteiger partial charge in [0.05, 0.1) is 18.3 Å².